The minimum absolute atomic E-state index is 0.0369. The number of pyridine rings is 1. The summed E-state index contributed by atoms with van der Waals surface area (Å²) >= 11 is 0. The van der Waals surface area contributed by atoms with Gasteiger partial charge in [0.1, 0.15) is 17.4 Å². The molecule has 2 rings (SSSR count). The number of hydrogen-bond acceptors (Lipinski definition) is 4. The summed E-state index contributed by atoms with van der Waals surface area (Å²) in [6, 6.07) is 3.56. The van der Waals surface area contributed by atoms with Crippen molar-refractivity contribution in [1.82, 2.24) is 19.7 Å². The number of nitrogens with zero attached hydrogens (tertiary/aromatic N) is 4. The number of hydrogen-bond donors (Lipinski definition) is 2. The van der Waals surface area contributed by atoms with Crippen LogP contribution in [0.5, 0.6) is 0 Å². The zero-order chi connectivity index (χ0) is 13.1. The zero-order valence-corrected chi connectivity index (χ0v) is 10.5. The van der Waals surface area contributed by atoms with Crippen LogP contribution in [0.15, 0.2) is 18.3 Å². The average Bonchev–Trinajstić information content (AvgIpc) is 2.82. The van der Waals surface area contributed by atoms with E-state index >= 15 is 0 Å². The van der Waals surface area contributed by atoms with E-state index in [1.807, 2.05) is 19.9 Å². The van der Waals surface area contributed by atoms with Gasteiger partial charge in [0, 0.05) is 12.8 Å². The Kier molecular flexibility index (Phi) is 3.36. The van der Waals surface area contributed by atoms with Crippen LogP contribution in [0.1, 0.15) is 31.2 Å². The second kappa shape index (κ2) is 4.95. The van der Waals surface area contributed by atoms with E-state index in [2.05, 4.69) is 15.1 Å². The molecule has 0 aliphatic heterocycles. The van der Waals surface area contributed by atoms with Crippen LogP contribution in [0.25, 0.3) is 5.69 Å². The van der Waals surface area contributed by atoms with Gasteiger partial charge < -0.3 is 5.73 Å². The molecule has 0 aliphatic carbocycles. The summed E-state index contributed by atoms with van der Waals surface area (Å²) in [5.41, 5.74) is 6.67. The molecule has 18 heavy (non-hydrogen) atoms. The van der Waals surface area contributed by atoms with E-state index in [-0.39, 0.29) is 5.84 Å². The number of aromatic nitrogens is 4. The van der Waals surface area contributed by atoms with E-state index in [9.17, 15) is 0 Å². The first-order chi connectivity index (χ1) is 8.65. The van der Waals surface area contributed by atoms with Gasteiger partial charge in [-0.25, -0.2) is 9.67 Å². The Balaban J connectivity index is 2.41. The maximum Gasteiger partial charge on any atom is 0.151 e. The van der Waals surface area contributed by atoms with Gasteiger partial charge in [0.05, 0.1) is 11.9 Å². The Morgan fingerprint density at radius 3 is 2.61 bits per heavy atom. The highest BCUT2D eigenvalue weighted by molar-refractivity contribution is 5.92. The standard InChI is InChI=1S/C12H16N6/c1-3-10-16-11(4-2)18(17-10)8-5-6-9(12(13)14)15-7-8/h5-7H,3-4H2,1-2H3,(H3,13,14). The topological polar surface area (TPSA) is 93.5 Å². The lowest BCUT2D eigenvalue weighted by atomic mass is 10.3. The third-order valence-electron chi connectivity index (χ3n) is 2.62. The number of amidine groups is 1. The summed E-state index contributed by atoms with van der Waals surface area (Å²) in [6.07, 6.45) is 3.27. The minimum atomic E-state index is -0.0369. The molecule has 0 unspecified atom stereocenters. The molecule has 0 fully saturated rings. The number of nitrogens with two attached hydrogens (primary N) is 1. The molecular formula is C12H16N6. The van der Waals surface area contributed by atoms with E-state index < -0.39 is 0 Å². The Morgan fingerprint density at radius 1 is 1.33 bits per heavy atom. The number of aryl methyl sites for hydroxylation is 2. The summed E-state index contributed by atoms with van der Waals surface area (Å²) in [4.78, 5) is 8.57. The van der Waals surface area contributed by atoms with E-state index in [1.54, 1.807) is 16.9 Å². The predicted octanol–water partition coefficient (Wildman–Crippen LogP) is 1.07. The highest BCUT2D eigenvalue weighted by atomic mass is 15.4. The van der Waals surface area contributed by atoms with Gasteiger partial charge in [-0.2, -0.15) is 5.10 Å². The molecule has 0 aromatic carbocycles. The van der Waals surface area contributed by atoms with Gasteiger partial charge >= 0.3 is 0 Å². The Labute approximate surface area is 105 Å². The van der Waals surface area contributed by atoms with Crippen LogP contribution in [0.4, 0.5) is 0 Å². The molecule has 0 bridgehead atoms. The lowest BCUT2D eigenvalue weighted by Crippen LogP contribution is -2.13. The van der Waals surface area contributed by atoms with E-state index in [0.29, 0.717) is 5.69 Å². The van der Waals surface area contributed by atoms with Crippen molar-refractivity contribution >= 4 is 5.84 Å². The van der Waals surface area contributed by atoms with Crippen molar-refractivity contribution in [3.63, 3.8) is 0 Å². The second-order valence-corrected chi connectivity index (χ2v) is 3.88. The van der Waals surface area contributed by atoms with Crippen molar-refractivity contribution < 1.29 is 0 Å². The van der Waals surface area contributed by atoms with Gasteiger partial charge in [-0.05, 0) is 12.1 Å². The molecule has 0 amide bonds. The predicted molar refractivity (Wildman–Crippen MR) is 68.9 cm³/mol. The smallest absolute Gasteiger partial charge is 0.151 e. The van der Waals surface area contributed by atoms with Gasteiger partial charge in [-0.3, -0.25) is 10.4 Å². The number of nitrogen functional groups attached to an aromatic ring is 1. The van der Waals surface area contributed by atoms with Crippen LogP contribution in [0, 0.1) is 5.41 Å². The van der Waals surface area contributed by atoms with E-state index in [1.165, 1.54) is 0 Å². The van der Waals surface area contributed by atoms with Crippen molar-refractivity contribution in [3.05, 3.63) is 35.7 Å². The third-order valence-corrected chi connectivity index (χ3v) is 2.62. The fourth-order valence-electron chi connectivity index (χ4n) is 1.65. The molecule has 0 spiro atoms. The highest BCUT2D eigenvalue weighted by Crippen LogP contribution is 2.10. The summed E-state index contributed by atoms with van der Waals surface area (Å²) < 4.78 is 1.79. The molecule has 0 radical (unpaired) electrons. The van der Waals surface area contributed by atoms with Gasteiger partial charge in [0.15, 0.2) is 5.82 Å². The molecule has 6 heteroatoms. The van der Waals surface area contributed by atoms with Crippen molar-refractivity contribution in [2.75, 3.05) is 0 Å². The molecule has 0 saturated carbocycles. The quantitative estimate of drug-likeness (QED) is 0.621. The number of nitrogens with one attached hydrogen (secondary N) is 1. The van der Waals surface area contributed by atoms with Gasteiger partial charge in [-0.15, -0.1) is 0 Å². The molecule has 2 heterocycles. The normalized spacial score (nSPS) is 10.6. The lowest BCUT2D eigenvalue weighted by molar-refractivity contribution is 0.787. The maximum atomic E-state index is 7.30. The largest absolute Gasteiger partial charge is 0.382 e. The van der Waals surface area contributed by atoms with Crippen molar-refractivity contribution in [2.24, 2.45) is 5.73 Å². The Bertz CT molecular complexity index is 554. The average molecular weight is 244 g/mol. The summed E-state index contributed by atoms with van der Waals surface area (Å²) in [5.74, 6) is 1.69. The lowest BCUT2D eigenvalue weighted by Gasteiger charge is -2.04. The van der Waals surface area contributed by atoms with Crippen LogP contribution in [-0.4, -0.2) is 25.6 Å². The van der Waals surface area contributed by atoms with Crippen LogP contribution in [-0.2, 0) is 12.8 Å². The van der Waals surface area contributed by atoms with E-state index in [0.717, 1.165) is 30.2 Å². The van der Waals surface area contributed by atoms with Crippen LogP contribution in [0.2, 0.25) is 0 Å². The van der Waals surface area contributed by atoms with Crippen molar-refractivity contribution in [3.8, 4) is 5.69 Å². The molecule has 0 atom stereocenters. The molecular weight excluding hydrogens is 228 g/mol. The van der Waals surface area contributed by atoms with Crippen LogP contribution in [0.3, 0.4) is 0 Å². The van der Waals surface area contributed by atoms with Crippen molar-refractivity contribution in [1.29, 1.82) is 5.41 Å². The Hall–Kier alpha value is -2.24. The Morgan fingerprint density at radius 2 is 2.11 bits per heavy atom. The summed E-state index contributed by atoms with van der Waals surface area (Å²) in [7, 11) is 0. The summed E-state index contributed by atoms with van der Waals surface area (Å²) in [5, 5.41) is 11.7. The molecule has 2 aromatic heterocycles. The number of rotatable bonds is 4. The fraction of sp³-hybridized carbons (Fsp3) is 0.333. The molecule has 0 saturated heterocycles. The van der Waals surface area contributed by atoms with Gasteiger partial charge in [0.25, 0.3) is 0 Å². The SMILES string of the molecule is CCc1nc(CC)n(-c2ccc(C(=N)N)nc2)n1. The first-order valence-electron chi connectivity index (χ1n) is 5.91. The van der Waals surface area contributed by atoms with Gasteiger partial charge in [0.2, 0.25) is 0 Å². The first-order valence-corrected chi connectivity index (χ1v) is 5.91. The molecule has 94 valence electrons. The van der Waals surface area contributed by atoms with Crippen LogP contribution < -0.4 is 5.73 Å². The molecule has 3 N–H and O–H groups in total. The highest BCUT2D eigenvalue weighted by Gasteiger charge is 2.09. The zero-order valence-electron chi connectivity index (χ0n) is 10.5. The van der Waals surface area contributed by atoms with Crippen molar-refractivity contribution in [2.45, 2.75) is 26.7 Å². The fourth-order valence-corrected chi connectivity index (χ4v) is 1.65. The van der Waals surface area contributed by atoms with Crippen LogP contribution >= 0.6 is 0 Å². The molecule has 2 aromatic rings. The molecule has 0 aliphatic rings. The third kappa shape index (κ3) is 2.22. The maximum absolute atomic E-state index is 7.30. The first kappa shape index (κ1) is 12.2. The van der Waals surface area contributed by atoms with E-state index in [4.69, 9.17) is 11.1 Å². The second-order valence-electron chi connectivity index (χ2n) is 3.88. The minimum Gasteiger partial charge on any atom is -0.382 e. The van der Waals surface area contributed by atoms with Gasteiger partial charge in [-0.1, -0.05) is 13.8 Å². The molecule has 6 nitrogen and oxygen atoms in total. The monoisotopic (exact) mass is 244 g/mol. The summed E-state index contributed by atoms with van der Waals surface area (Å²) in [6.45, 7) is 4.06.